The molecule has 9 nitrogen and oxygen atoms in total. The molecular weight excluding hydrogens is 492 g/mol. The van der Waals surface area contributed by atoms with E-state index in [1.54, 1.807) is 4.90 Å². The summed E-state index contributed by atoms with van der Waals surface area (Å²) in [4.78, 5) is 24.7. The lowest BCUT2D eigenvalue weighted by Crippen LogP contribution is -2.39. The molecule has 0 aliphatic carbocycles. The molecule has 0 radical (unpaired) electrons. The van der Waals surface area contributed by atoms with E-state index in [0.29, 0.717) is 37.3 Å². The van der Waals surface area contributed by atoms with E-state index in [9.17, 15) is 13.6 Å². The third kappa shape index (κ3) is 4.53. The summed E-state index contributed by atoms with van der Waals surface area (Å²) in [6.07, 6.45) is 4.73. The van der Waals surface area contributed by atoms with Gasteiger partial charge in [0.05, 0.1) is 23.9 Å². The van der Waals surface area contributed by atoms with Crippen molar-refractivity contribution in [2.45, 2.75) is 50.6 Å². The van der Waals surface area contributed by atoms with E-state index in [2.05, 4.69) is 9.80 Å². The lowest BCUT2D eigenvalue weighted by Gasteiger charge is -2.35. The number of hydrogen-bond acceptors (Lipinski definition) is 7. The number of amides is 1. The van der Waals surface area contributed by atoms with E-state index in [1.807, 2.05) is 23.7 Å². The Morgan fingerprint density at radius 1 is 1.03 bits per heavy atom. The fourth-order valence-electron chi connectivity index (χ4n) is 5.80. The van der Waals surface area contributed by atoms with Crippen molar-refractivity contribution in [1.82, 2.24) is 19.5 Å². The Kier molecular flexibility index (Phi) is 6.55. The topological polar surface area (TPSA) is 92.2 Å². The molecule has 38 heavy (non-hydrogen) atoms. The summed E-state index contributed by atoms with van der Waals surface area (Å²) in [5.41, 5.74) is 7.50. The molecule has 11 heteroatoms. The van der Waals surface area contributed by atoms with Crippen molar-refractivity contribution in [3.05, 3.63) is 47.2 Å². The summed E-state index contributed by atoms with van der Waals surface area (Å²) in [6.45, 7) is 3.00. The third-order valence-electron chi connectivity index (χ3n) is 7.83. The minimum atomic E-state index is -0.863. The highest BCUT2D eigenvalue weighted by atomic mass is 19.1. The third-order valence-corrected chi connectivity index (χ3v) is 7.83. The monoisotopic (exact) mass is 525 g/mol. The Hall–Kier alpha value is -3.47. The van der Waals surface area contributed by atoms with E-state index >= 15 is 0 Å². The predicted molar refractivity (Wildman–Crippen MR) is 140 cm³/mol. The molecule has 2 aromatic heterocycles. The van der Waals surface area contributed by atoms with Crippen LogP contribution in [-0.4, -0.2) is 71.3 Å². The molecule has 2 atom stereocenters. The Bertz CT molecular complexity index is 1360. The summed E-state index contributed by atoms with van der Waals surface area (Å²) >= 11 is 0. The van der Waals surface area contributed by atoms with Crippen LogP contribution in [0.2, 0.25) is 0 Å². The molecule has 0 spiro atoms. The Labute approximate surface area is 220 Å². The van der Waals surface area contributed by atoms with Gasteiger partial charge in [0, 0.05) is 57.5 Å². The van der Waals surface area contributed by atoms with Crippen LogP contribution in [0, 0.1) is 11.6 Å². The number of nitrogens with two attached hydrogens (primary N) is 1. The van der Waals surface area contributed by atoms with Crippen molar-refractivity contribution < 1.29 is 18.3 Å². The molecule has 3 aromatic rings. The van der Waals surface area contributed by atoms with Gasteiger partial charge < -0.3 is 25.2 Å². The van der Waals surface area contributed by atoms with Crippen LogP contribution in [0.1, 0.15) is 60.6 Å². The Morgan fingerprint density at radius 3 is 2.68 bits per heavy atom. The number of anilines is 2. The first kappa shape index (κ1) is 24.8. The van der Waals surface area contributed by atoms with Gasteiger partial charge in [-0.1, -0.05) is 0 Å². The quantitative estimate of drug-likeness (QED) is 0.520. The summed E-state index contributed by atoms with van der Waals surface area (Å²) in [6, 6.07) is 5.61. The molecule has 2 bridgehead atoms. The molecule has 202 valence electrons. The fourth-order valence-corrected chi connectivity index (χ4v) is 5.80. The first-order chi connectivity index (χ1) is 18.4. The number of hydrogen-bond donors (Lipinski definition) is 1. The number of ether oxygens (including phenoxy) is 1. The normalized spacial score (nSPS) is 22.7. The second-order valence-electron chi connectivity index (χ2n) is 10.6. The van der Waals surface area contributed by atoms with Crippen LogP contribution in [0.4, 0.5) is 20.4 Å². The van der Waals surface area contributed by atoms with Gasteiger partial charge in [-0.05, 0) is 44.6 Å². The molecule has 2 fully saturated rings. The smallest absolute Gasteiger partial charge is 0.258 e. The van der Waals surface area contributed by atoms with Crippen LogP contribution in [0.15, 0.2) is 24.3 Å². The Morgan fingerprint density at radius 2 is 1.87 bits per heavy atom. The van der Waals surface area contributed by atoms with Gasteiger partial charge in [-0.3, -0.25) is 4.79 Å². The number of fused-ring (bicyclic) bond motifs is 4. The zero-order chi connectivity index (χ0) is 26.4. The zero-order valence-electron chi connectivity index (χ0n) is 21.6. The highest BCUT2D eigenvalue weighted by Crippen LogP contribution is 2.36. The van der Waals surface area contributed by atoms with E-state index < -0.39 is 17.5 Å². The van der Waals surface area contributed by atoms with Crippen LogP contribution in [0.3, 0.4) is 0 Å². The standard InChI is InChI=1S/C27H33F2N7O2/c1-33-8-4-5-11-38-26-19(12-17(28)13-20(26)29)27(37)35-9-3-2-6-22(35)21-14-24-31-23(15-25(33)36(24)32-21)34-10-7-18(30)16-34/h12-15,18,22H,2-11,16,30H2,1H3/t18-,22-/m0/s1. The number of halogens is 2. The average molecular weight is 526 g/mol. The molecular formula is C27H33F2N7O2. The highest BCUT2D eigenvalue weighted by molar-refractivity contribution is 5.97. The maximum atomic E-state index is 14.8. The molecule has 3 aliphatic rings. The molecule has 5 heterocycles. The number of aromatic nitrogens is 3. The summed E-state index contributed by atoms with van der Waals surface area (Å²) in [5, 5.41) is 4.94. The second-order valence-corrected chi connectivity index (χ2v) is 10.6. The van der Waals surface area contributed by atoms with Crippen LogP contribution in [-0.2, 0) is 0 Å². The largest absolute Gasteiger partial charge is 0.490 e. The van der Waals surface area contributed by atoms with Crippen LogP contribution in [0.5, 0.6) is 5.75 Å². The van der Waals surface area contributed by atoms with Gasteiger partial charge in [-0.2, -0.15) is 9.61 Å². The number of nitrogens with zero attached hydrogens (tertiary/aromatic N) is 6. The first-order valence-corrected chi connectivity index (χ1v) is 13.4. The molecule has 0 unspecified atom stereocenters. The summed E-state index contributed by atoms with van der Waals surface area (Å²) in [7, 11) is 2.02. The van der Waals surface area contributed by atoms with Crippen LogP contribution >= 0.6 is 0 Å². The van der Waals surface area contributed by atoms with Crippen molar-refractivity contribution in [1.29, 1.82) is 0 Å². The number of rotatable bonds is 1. The number of carbonyl (C=O) groups excluding carboxylic acids is 1. The zero-order valence-corrected chi connectivity index (χ0v) is 21.6. The van der Waals surface area contributed by atoms with Crippen LogP contribution in [0.25, 0.3) is 5.65 Å². The van der Waals surface area contributed by atoms with Crippen molar-refractivity contribution in [2.24, 2.45) is 5.73 Å². The van der Waals surface area contributed by atoms with Crippen molar-refractivity contribution in [2.75, 3.05) is 49.6 Å². The number of carbonyl (C=O) groups is 1. The lowest BCUT2D eigenvalue weighted by atomic mass is 9.98. The maximum absolute atomic E-state index is 14.8. The predicted octanol–water partition coefficient (Wildman–Crippen LogP) is 3.52. The number of piperidine rings is 1. The first-order valence-electron chi connectivity index (χ1n) is 13.4. The van der Waals surface area contributed by atoms with E-state index in [1.165, 1.54) is 0 Å². The highest BCUT2D eigenvalue weighted by Gasteiger charge is 2.34. The molecule has 0 saturated carbocycles. The molecule has 1 amide bonds. The van der Waals surface area contributed by atoms with Gasteiger partial charge in [0.25, 0.3) is 5.91 Å². The van der Waals surface area contributed by atoms with Gasteiger partial charge in [0.2, 0.25) is 0 Å². The fraction of sp³-hybridized carbons (Fsp3) is 0.519. The van der Waals surface area contributed by atoms with Crippen LogP contribution < -0.4 is 20.3 Å². The average Bonchev–Trinajstić information content (AvgIpc) is 3.54. The minimum absolute atomic E-state index is 0.0865. The van der Waals surface area contributed by atoms with Gasteiger partial charge in [-0.25, -0.2) is 13.8 Å². The molecule has 3 aliphatic heterocycles. The molecule has 2 N–H and O–H groups in total. The minimum Gasteiger partial charge on any atom is -0.490 e. The number of benzene rings is 1. The van der Waals surface area contributed by atoms with E-state index in [0.717, 1.165) is 62.5 Å². The molecule has 2 saturated heterocycles. The second kappa shape index (κ2) is 10.0. The van der Waals surface area contributed by atoms with Crippen molar-refractivity contribution >= 4 is 23.2 Å². The lowest BCUT2D eigenvalue weighted by molar-refractivity contribution is 0.0599. The van der Waals surface area contributed by atoms with E-state index in [4.69, 9.17) is 20.6 Å². The van der Waals surface area contributed by atoms with Crippen molar-refractivity contribution in [3.8, 4) is 5.75 Å². The van der Waals surface area contributed by atoms with E-state index in [-0.39, 0.29) is 30.0 Å². The summed E-state index contributed by atoms with van der Waals surface area (Å²) in [5.74, 6) is -0.542. The van der Waals surface area contributed by atoms with Crippen molar-refractivity contribution in [3.63, 3.8) is 0 Å². The van der Waals surface area contributed by atoms with Gasteiger partial charge >= 0.3 is 0 Å². The molecule has 1 aromatic carbocycles. The summed E-state index contributed by atoms with van der Waals surface area (Å²) < 4.78 is 36.7. The Balaban J connectivity index is 1.47. The SMILES string of the molecule is CN1CCCCOc2c(F)cc(F)cc2C(=O)N2CCCC[C@H]2c2cc3nc(N4CC[C@H](N)C4)cc1n3n2. The van der Waals surface area contributed by atoms with Gasteiger partial charge in [0.1, 0.15) is 17.5 Å². The van der Waals surface area contributed by atoms with Gasteiger partial charge in [0.15, 0.2) is 17.2 Å². The maximum Gasteiger partial charge on any atom is 0.258 e. The van der Waals surface area contributed by atoms with Gasteiger partial charge in [-0.15, -0.1) is 0 Å². The molecule has 6 rings (SSSR count).